The highest BCUT2D eigenvalue weighted by Gasteiger charge is 2.47. The Balaban J connectivity index is 2.41. The summed E-state index contributed by atoms with van der Waals surface area (Å²) < 4.78 is 6.38. The van der Waals surface area contributed by atoms with E-state index < -0.39 is 5.54 Å². The van der Waals surface area contributed by atoms with Crippen molar-refractivity contribution >= 4 is 12.0 Å². The van der Waals surface area contributed by atoms with Crippen LogP contribution in [0.1, 0.15) is 29.0 Å². The lowest BCUT2D eigenvalue weighted by Crippen LogP contribution is -2.14. The fraction of sp³-hybridized carbons (Fsp3) is 0.455. The third kappa shape index (κ3) is 1.46. The first-order chi connectivity index (χ1) is 7.64. The molecule has 5 heteroatoms. The molecule has 1 aliphatic rings. The summed E-state index contributed by atoms with van der Waals surface area (Å²) in [6.07, 6.45) is 3.23. The topological polar surface area (TPSA) is 60.7 Å². The van der Waals surface area contributed by atoms with Gasteiger partial charge < -0.3 is 9.30 Å². The zero-order valence-electron chi connectivity index (χ0n) is 9.19. The fourth-order valence-electron chi connectivity index (χ4n) is 1.92. The quantitative estimate of drug-likeness (QED) is 0.436. The van der Waals surface area contributed by atoms with Crippen molar-refractivity contribution in [3.8, 4) is 0 Å². The molecule has 1 aromatic rings. The summed E-state index contributed by atoms with van der Waals surface area (Å²) in [4.78, 5) is 25.6. The molecule has 0 aliphatic heterocycles. The van der Waals surface area contributed by atoms with Crippen LogP contribution in [0.3, 0.4) is 0 Å². The first-order valence-corrected chi connectivity index (χ1v) is 4.98. The Morgan fingerprint density at radius 2 is 2.25 bits per heavy atom. The van der Waals surface area contributed by atoms with Crippen LogP contribution in [0.2, 0.25) is 0 Å². The number of aromatic nitrogens is 1. The summed E-state index contributed by atoms with van der Waals surface area (Å²) in [5.74, 6) is -0.389. The van der Waals surface area contributed by atoms with Crippen LogP contribution in [0.5, 0.6) is 0 Å². The molecule has 1 aliphatic carbocycles. The first-order valence-electron chi connectivity index (χ1n) is 4.98. The maximum Gasteiger partial charge on any atom is 0.354 e. The Labute approximate surface area is 92.7 Å². The second kappa shape index (κ2) is 3.61. The van der Waals surface area contributed by atoms with Crippen molar-refractivity contribution in [1.29, 1.82) is 0 Å². The predicted octanol–water partition coefficient (Wildman–Crippen LogP) is 1.14. The van der Waals surface area contributed by atoms with E-state index >= 15 is 0 Å². The van der Waals surface area contributed by atoms with Crippen LogP contribution in [0.15, 0.2) is 17.1 Å². The normalized spacial score (nSPS) is 16.4. The van der Waals surface area contributed by atoms with Crippen molar-refractivity contribution < 1.29 is 14.3 Å². The number of carbonyl (C=O) groups is 1. The second-order valence-corrected chi connectivity index (χ2v) is 3.89. The zero-order valence-corrected chi connectivity index (χ0v) is 9.19. The maximum absolute atomic E-state index is 11.4. The molecule has 0 N–H and O–H groups in total. The van der Waals surface area contributed by atoms with E-state index in [0.29, 0.717) is 5.69 Å². The van der Waals surface area contributed by atoms with Crippen LogP contribution in [0.4, 0.5) is 0 Å². The molecule has 84 valence electrons. The van der Waals surface area contributed by atoms with E-state index in [2.05, 4.69) is 9.73 Å². The predicted molar refractivity (Wildman–Crippen MR) is 55.8 cm³/mol. The molecule has 0 amide bonds. The molecule has 0 atom stereocenters. The van der Waals surface area contributed by atoms with Gasteiger partial charge in [-0.25, -0.2) is 9.59 Å². The lowest BCUT2D eigenvalue weighted by atomic mass is 10.2. The SMILES string of the molecule is COC(=O)c1ccc(C2(N=C=O)CC2)n1C. The number of rotatable bonds is 3. The molecule has 0 saturated heterocycles. The van der Waals surface area contributed by atoms with Gasteiger partial charge in [-0.3, -0.25) is 0 Å². The van der Waals surface area contributed by atoms with Gasteiger partial charge in [-0.1, -0.05) is 0 Å². The summed E-state index contributed by atoms with van der Waals surface area (Å²) in [6.45, 7) is 0. The number of aliphatic imine (C=N–C) groups is 1. The molecule has 0 spiro atoms. The van der Waals surface area contributed by atoms with Crippen molar-refractivity contribution in [2.24, 2.45) is 12.0 Å². The lowest BCUT2D eigenvalue weighted by molar-refractivity contribution is 0.0589. The molecule has 1 fully saturated rings. The van der Waals surface area contributed by atoms with Gasteiger partial charge in [-0.2, -0.15) is 4.99 Å². The van der Waals surface area contributed by atoms with E-state index in [1.807, 2.05) is 0 Å². The Bertz CT molecular complexity index is 479. The van der Waals surface area contributed by atoms with Crippen LogP contribution in [0.25, 0.3) is 0 Å². The molecular formula is C11H12N2O3. The summed E-state index contributed by atoms with van der Waals surface area (Å²) in [6, 6.07) is 3.49. The van der Waals surface area contributed by atoms with Gasteiger partial charge in [0.1, 0.15) is 11.2 Å². The van der Waals surface area contributed by atoms with Gasteiger partial charge in [-0.05, 0) is 25.0 Å². The molecule has 0 aromatic carbocycles. The molecule has 0 radical (unpaired) electrons. The largest absolute Gasteiger partial charge is 0.464 e. The number of ether oxygens (including phenoxy) is 1. The monoisotopic (exact) mass is 220 g/mol. The van der Waals surface area contributed by atoms with Crippen LogP contribution < -0.4 is 0 Å². The van der Waals surface area contributed by atoms with Crippen LogP contribution in [-0.4, -0.2) is 23.7 Å². The minimum Gasteiger partial charge on any atom is -0.464 e. The first kappa shape index (κ1) is 10.6. The molecule has 2 rings (SSSR count). The van der Waals surface area contributed by atoms with Crippen molar-refractivity contribution in [1.82, 2.24) is 4.57 Å². The third-order valence-corrected chi connectivity index (χ3v) is 2.98. The van der Waals surface area contributed by atoms with Crippen LogP contribution in [-0.2, 0) is 22.1 Å². The highest BCUT2D eigenvalue weighted by molar-refractivity contribution is 5.87. The summed E-state index contributed by atoms with van der Waals surface area (Å²) in [5.41, 5.74) is 0.865. The number of carbonyl (C=O) groups excluding carboxylic acids is 2. The fourth-order valence-corrected chi connectivity index (χ4v) is 1.92. The van der Waals surface area contributed by atoms with E-state index in [9.17, 15) is 9.59 Å². The van der Waals surface area contributed by atoms with Gasteiger partial charge in [0.15, 0.2) is 0 Å². The number of methoxy groups -OCH3 is 1. The van der Waals surface area contributed by atoms with E-state index in [1.165, 1.54) is 7.11 Å². The molecule has 5 nitrogen and oxygen atoms in total. The lowest BCUT2D eigenvalue weighted by Gasteiger charge is -2.10. The second-order valence-electron chi connectivity index (χ2n) is 3.89. The van der Waals surface area contributed by atoms with E-state index in [4.69, 9.17) is 0 Å². The highest BCUT2D eigenvalue weighted by Crippen LogP contribution is 2.49. The Morgan fingerprint density at radius 3 is 2.75 bits per heavy atom. The van der Waals surface area contributed by atoms with Gasteiger partial charge in [0.05, 0.1) is 7.11 Å². The molecule has 1 aromatic heterocycles. The molecule has 1 heterocycles. The summed E-state index contributed by atoms with van der Waals surface area (Å²) >= 11 is 0. The van der Waals surface area contributed by atoms with Gasteiger partial charge in [0, 0.05) is 12.7 Å². The van der Waals surface area contributed by atoms with Gasteiger partial charge >= 0.3 is 5.97 Å². The summed E-state index contributed by atoms with van der Waals surface area (Å²) in [5, 5.41) is 0. The van der Waals surface area contributed by atoms with E-state index in [1.54, 1.807) is 29.8 Å². The third-order valence-electron chi connectivity index (χ3n) is 2.98. The van der Waals surface area contributed by atoms with Crippen molar-refractivity contribution in [2.45, 2.75) is 18.4 Å². The van der Waals surface area contributed by atoms with Crippen molar-refractivity contribution in [3.63, 3.8) is 0 Å². The number of nitrogens with zero attached hydrogens (tertiary/aromatic N) is 2. The number of esters is 1. The Hall–Kier alpha value is -1.87. The zero-order chi connectivity index (χ0) is 11.8. The average Bonchev–Trinajstić information content (AvgIpc) is 2.94. The minimum absolute atomic E-state index is 0.389. The number of isocyanates is 1. The molecule has 1 saturated carbocycles. The van der Waals surface area contributed by atoms with Gasteiger partial charge in [0.25, 0.3) is 0 Å². The summed E-state index contributed by atoms with van der Waals surface area (Å²) in [7, 11) is 3.10. The Morgan fingerprint density at radius 1 is 1.56 bits per heavy atom. The number of hydrogen-bond acceptors (Lipinski definition) is 4. The van der Waals surface area contributed by atoms with Gasteiger partial charge in [-0.15, -0.1) is 0 Å². The average molecular weight is 220 g/mol. The standard InChI is InChI=1S/C11H12N2O3/c1-13-8(10(15)16-2)3-4-9(13)11(5-6-11)12-7-14/h3-4H,5-6H2,1-2H3. The van der Waals surface area contributed by atoms with Crippen LogP contribution in [0, 0.1) is 0 Å². The molecule has 0 unspecified atom stereocenters. The maximum atomic E-state index is 11.4. The highest BCUT2D eigenvalue weighted by atomic mass is 16.5. The van der Waals surface area contributed by atoms with Crippen molar-refractivity contribution in [2.75, 3.05) is 7.11 Å². The van der Waals surface area contributed by atoms with E-state index in [0.717, 1.165) is 18.5 Å². The number of hydrogen-bond donors (Lipinski definition) is 0. The molecular weight excluding hydrogens is 208 g/mol. The smallest absolute Gasteiger partial charge is 0.354 e. The van der Waals surface area contributed by atoms with E-state index in [-0.39, 0.29) is 5.97 Å². The van der Waals surface area contributed by atoms with Crippen molar-refractivity contribution in [3.05, 3.63) is 23.5 Å². The minimum atomic E-state index is -0.456. The molecule has 16 heavy (non-hydrogen) atoms. The molecule has 0 bridgehead atoms. The Kier molecular flexibility index (Phi) is 2.40. The van der Waals surface area contributed by atoms with Gasteiger partial charge in [0.2, 0.25) is 6.08 Å². The van der Waals surface area contributed by atoms with Crippen LogP contribution >= 0.6 is 0 Å².